The van der Waals surface area contributed by atoms with Crippen molar-refractivity contribution < 1.29 is 17.1 Å². The maximum Gasteiger partial charge on any atom is 0.323 e. The first-order chi connectivity index (χ1) is 13.9. The van der Waals surface area contributed by atoms with Gasteiger partial charge in [-0.1, -0.05) is 37.1 Å². The summed E-state index contributed by atoms with van der Waals surface area (Å²) in [6.45, 7) is -3.21. The Morgan fingerprint density at radius 1 is 1.29 bits per heavy atom. The number of rotatable bonds is 3. The zero-order valence-corrected chi connectivity index (χ0v) is 10.8. The molecule has 2 amide bonds. The molecule has 0 aliphatic rings. The molecule has 0 saturated heterocycles. The number of fused-ring (bicyclic) bond motifs is 1. The normalized spacial score (nSPS) is 18.0. The molecular formula is C17H17N3O. The van der Waals surface area contributed by atoms with Crippen LogP contribution in [0.1, 0.15) is 24.8 Å². The molecule has 3 aromatic rings. The van der Waals surface area contributed by atoms with Crippen LogP contribution >= 0.6 is 0 Å². The molecule has 2 aromatic carbocycles. The van der Waals surface area contributed by atoms with E-state index >= 15 is 0 Å². The monoisotopic (exact) mass is 288 g/mol. The Morgan fingerprint density at radius 2 is 2.10 bits per heavy atom. The number of hydrogen-bond donors (Lipinski definition) is 3. The minimum atomic E-state index is -3.21. The molecule has 0 bridgehead atoms. The number of urea groups is 1. The first-order valence-electron chi connectivity index (χ1n) is 10.6. The number of carbonyl (C=O) groups excluding carboxylic acids is 1. The maximum absolute atomic E-state index is 12.4. The van der Waals surface area contributed by atoms with Gasteiger partial charge in [-0.3, -0.25) is 0 Å². The SMILES string of the molecule is [2H]c1c([2H])c(C([2H])([2H])C([2H])([2H])[2H])c([2H])c([2H])c1NC(=O)Nc1c[nH]c2ccccc12. The molecule has 0 aliphatic carbocycles. The first kappa shape index (κ1) is 6.35. The van der Waals surface area contributed by atoms with Gasteiger partial charge in [0.25, 0.3) is 0 Å². The molecule has 0 fully saturated rings. The first-order valence-corrected chi connectivity index (χ1v) is 6.11. The van der Waals surface area contributed by atoms with Crippen molar-refractivity contribution in [3.63, 3.8) is 0 Å². The number of para-hydroxylation sites is 1. The second-order valence-corrected chi connectivity index (χ2v) is 4.20. The van der Waals surface area contributed by atoms with Gasteiger partial charge in [0.1, 0.15) is 0 Å². The van der Waals surface area contributed by atoms with Crippen LogP contribution in [0.25, 0.3) is 10.9 Å². The zero-order valence-electron chi connectivity index (χ0n) is 19.8. The summed E-state index contributed by atoms with van der Waals surface area (Å²) >= 11 is 0. The molecule has 1 heterocycles. The lowest BCUT2D eigenvalue weighted by atomic mass is 10.1. The summed E-state index contributed by atoms with van der Waals surface area (Å²) in [5, 5.41) is 5.50. The highest BCUT2D eigenvalue weighted by molar-refractivity contribution is 6.05. The lowest BCUT2D eigenvalue weighted by molar-refractivity contribution is 0.262. The molecule has 4 nitrogen and oxygen atoms in total. The fourth-order valence-corrected chi connectivity index (χ4v) is 1.88. The van der Waals surface area contributed by atoms with Gasteiger partial charge in [-0.2, -0.15) is 0 Å². The molecule has 3 N–H and O–H groups in total. The average Bonchev–Trinajstić information content (AvgIpc) is 3.05. The summed E-state index contributed by atoms with van der Waals surface area (Å²) in [4.78, 5) is 15.4. The van der Waals surface area contributed by atoms with Crippen molar-refractivity contribution in [1.29, 1.82) is 0 Å². The highest BCUT2D eigenvalue weighted by Gasteiger charge is 2.07. The topological polar surface area (TPSA) is 56.9 Å². The van der Waals surface area contributed by atoms with Gasteiger partial charge in [0.2, 0.25) is 0 Å². The highest BCUT2D eigenvalue weighted by Crippen LogP contribution is 2.22. The molecule has 3 rings (SSSR count). The second kappa shape index (κ2) is 5.71. The predicted octanol–water partition coefficient (Wildman–Crippen LogP) is 4.37. The summed E-state index contributed by atoms with van der Waals surface area (Å²) in [5.41, 5.74) is -0.186. The van der Waals surface area contributed by atoms with E-state index in [9.17, 15) is 4.79 Å². The lowest BCUT2D eigenvalue weighted by Crippen LogP contribution is -2.19. The van der Waals surface area contributed by atoms with E-state index in [4.69, 9.17) is 12.3 Å². The zero-order chi connectivity index (χ0) is 22.4. The number of H-pyrrole nitrogens is 1. The van der Waals surface area contributed by atoms with Crippen molar-refractivity contribution in [3.8, 4) is 0 Å². The number of hydrogen-bond acceptors (Lipinski definition) is 1. The summed E-state index contributed by atoms with van der Waals surface area (Å²) < 4.78 is 69.7. The Balaban J connectivity index is 1.96. The largest absolute Gasteiger partial charge is 0.359 e. The standard InChI is InChI=1S/C17H17N3O/c1-2-12-7-9-13(10-8-12)19-17(21)20-16-11-18-15-6-4-3-5-14(15)16/h3-11,18H,2H2,1H3,(H2,19,20,21)/i1D3,2D2,7D,8D,9D,10D. The van der Waals surface area contributed by atoms with E-state index in [1.807, 2.05) is 6.07 Å². The quantitative estimate of drug-likeness (QED) is 0.658. The van der Waals surface area contributed by atoms with Gasteiger partial charge in [-0.15, -0.1) is 0 Å². The van der Waals surface area contributed by atoms with Crippen LogP contribution in [0.3, 0.4) is 0 Å². The Hall–Kier alpha value is -2.75. The molecular weight excluding hydrogens is 262 g/mol. The van der Waals surface area contributed by atoms with Crippen LogP contribution in [0.2, 0.25) is 0 Å². The van der Waals surface area contributed by atoms with Crippen molar-refractivity contribution in [1.82, 2.24) is 4.98 Å². The van der Waals surface area contributed by atoms with Crippen LogP contribution in [-0.2, 0) is 6.37 Å². The van der Waals surface area contributed by atoms with E-state index in [1.54, 1.807) is 24.4 Å². The number of benzene rings is 2. The summed E-state index contributed by atoms with van der Waals surface area (Å²) in [6, 6.07) is 3.06. The molecule has 21 heavy (non-hydrogen) atoms. The molecule has 106 valence electrons. The number of aromatic amines is 1. The fourth-order valence-electron chi connectivity index (χ4n) is 1.88. The summed E-state index contributed by atoms with van der Waals surface area (Å²) in [7, 11) is 0. The number of nitrogens with one attached hydrogen (secondary N) is 3. The van der Waals surface area contributed by atoms with E-state index in [1.165, 1.54) is 0 Å². The van der Waals surface area contributed by atoms with Crippen LogP contribution in [0.5, 0.6) is 0 Å². The molecule has 0 unspecified atom stereocenters. The van der Waals surface area contributed by atoms with Crippen LogP contribution in [0.15, 0.2) is 54.6 Å². The molecule has 0 spiro atoms. The van der Waals surface area contributed by atoms with Crippen molar-refractivity contribution in [2.75, 3.05) is 10.6 Å². The summed E-state index contributed by atoms with van der Waals surface area (Å²) in [5.74, 6) is 0. The molecule has 0 saturated carbocycles. The fraction of sp³-hybridized carbons (Fsp3) is 0.118. The Labute approximate surface area is 135 Å². The second-order valence-electron chi connectivity index (χ2n) is 4.20. The van der Waals surface area contributed by atoms with Crippen molar-refractivity contribution >= 4 is 28.3 Å². The number of aromatic nitrogens is 1. The van der Waals surface area contributed by atoms with Crippen molar-refractivity contribution in [2.45, 2.75) is 13.2 Å². The van der Waals surface area contributed by atoms with Gasteiger partial charge in [-0.05, 0) is 30.1 Å². The van der Waals surface area contributed by atoms with Gasteiger partial charge in [0.05, 0.1) is 11.2 Å². The molecule has 0 radical (unpaired) electrons. The predicted molar refractivity (Wildman–Crippen MR) is 86.8 cm³/mol. The Kier molecular flexibility index (Phi) is 1.73. The minimum absolute atomic E-state index is 0.425. The van der Waals surface area contributed by atoms with E-state index in [0.29, 0.717) is 11.1 Å². The van der Waals surface area contributed by atoms with Crippen molar-refractivity contribution in [2.24, 2.45) is 0 Å². The van der Waals surface area contributed by atoms with E-state index < -0.39 is 54.7 Å². The van der Waals surface area contributed by atoms with Crippen LogP contribution < -0.4 is 10.6 Å². The Bertz CT molecular complexity index is 1110. The van der Waals surface area contributed by atoms with E-state index in [0.717, 1.165) is 5.52 Å². The highest BCUT2D eigenvalue weighted by atomic mass is 16.2. The molecule has 4 heteroatoms. The lowest BCUT2D eigenvalue weighted by Gasteiger charge is -2.07. The van der Waals surface area contributed by atoms with Crippen molar-refractivity contribution in [3.05, 3.63) is 60.2 Å². The maximum atomic E-state index is 12.4. The molecule has 0 aliphatic heterocycles. The number of amides is 2. The van der Waals surface area contributed by atoms with Crippen LogP contribution in [0.4, 0.5) is 16.2 Å². The molecule has 1 aromatic heterocycles. The smallest absolute Gasteiger partial charge is 0.323 e. The minimum Gasteiger partial charge on any atom is -0.359 e. The van der Waals surface area contributed by atoms with E-state index in [2.05, 4.69) is 15.6 Å². The van der Waals surface area contributed by atoms with Gasteiger partial charge in [0.15, 0.2) is 0 Å². The number of carbonyl (C=O) groups is 1. The number of anilines is 2. The summed E-state index contributed by atoms with van der Waals surface area (Å²) in [6.07, 6.45) is -1.56. The van der Waals surface area contributed by atoms with Crippen LogP contribution in [0, 0.1) is 0 Å². The molecule has 0 atom stereocenters. The van der Waals surface area contributed by atoms with E-state index in [-0.39, 0.29) is 0 Å². The van der Waals surface area contributed by atoms with Gasteiger partial charge >= 0.3 is 6.03 Å². The third-order valence-electron chi connectivity index (χ3n) is 2.83. The van der Waals surface area contributed by atoms with Crippen LogP contribution in [-0.4, -0.2) is 11.0 Å². The van der Waals surface area contributed by atoms with Gasteiger partial charge < -0.3 is 15.6 Å². The third kappa shape index (κ3) is 2.89. The van der Waals surface area contributed by atoms with Gasteiger partial charge in [-0.25, -0.2) is 4.79 Å². The van der Waals surface area contributed by atoms with Gasteiger partial charge in [0, 0.05) is 29.6 Å². The third-order valence-corrected chi connectivity index (χ3v) is 2.83. The average molecular weight is 288 g/mol. The Morgan fingerprint density at radius 3 is 2.90 bits per heavy atom.